The second-order valence-corrected chi connectivity index (χ2v) is 6.92. The van der Waals surface area contributed by atoms with Gasteiger partial charge in [-0.2, -0.15) is 0 Å². The van der Waals surface area contributed by atoms with E-state index in [4.69, 9.17) is 0 Å². The molecule has 0 aliphatic carbocycles. The predicted octanol–water partition coefficient (Wildman–Crippen LogP) is 4.39. The Balaban J connectivity index is 2.24. The van der Waals surface area contributed by atoms with Crippen molar-refractivity contribution in [2.45, 2.75) is 20.3 Å². The Bertz CT molecular complexity index is 537. The predicted molar refractivity (Wildman–Crippen MR) is 81.0 cm³/mol. The summed E-state index contributed by atoms with van der Waals surface area (Å²) in [5.41, 5.74) is 4.40. The normalized spacial score (nSPS) is 10.5. The molecule has 0 fully saturated rings. The van der Waals surface area contributed by atoms with Crippen molar-refractivity contribution in [2.75, 3.05) is 0 Å². The van der Waals surface area contributed by atoms with Crippen LogP contribution in [-0.4, -0.2) is 5.78 Å². The average Bonchev–Trinajstić information content (AvgIpc) is 2.70. The average molecular weight is 356 g/mol. The number of hydrogen-bond donors (Lipinski definition) is 0. The molecule has 1 heterocycles. The molecule has 0 saturated carbocycles. The maximum Gasteiger partial charge on any atom is 0.168 e. The van der Waals surface area contributed by atoms with Gasteiger partial charge in [0, 0.05) is 17.4 Å². The number of aryl methyl sites for hydroxylation is 2. The van der Waals surface area contributed by atoms with E-state index >= 15 is 0 Å². The molecule has 0 amide bonds. The largest absolute Gasteiger partial charge is 0.294 e. The summed E-state index contributed by atoms with van der Waals surface area (Å²) in [6, 6.07) is 8.12. The van der Waals surface area contributed by atoms with E-state index in [1.165, 1.54) is 16.7 Å². The van der Waals surface area contributed by atoms with E-state index in [0.29, 0.717) is 6.42 Å². The van der Waals surface area contributed by atoms with Crippen LogP contribution in [-0.2, 0) is 6.42 Å². The van der Waals surface area contributed by atoms with Crippen LogP contribution in [0.4, 0.5) is 0 Å². The van der Waals surface area contributed by atoms with Gasteiger partial charge in [-0.15, -0.1) is 11.3 Å². The monoisotopic (exact) mass is 356 g/mol. The van der Waals surface area contributed by atoms with Crippen molar-refractivity contribution in [1.82, 2.24) is 0 Å². The second-order valence-electron chi connectivity index (χ2n) is 4.11. The second kappa shape index (κ2) is 5.31. The van der Waals surface area contributed by atoms with Crippen molar-refractivity contribution < 1.29 is 4.79 Å². The molecule has 2 aromatic rings. The molecule has 1 aromatic heterocycles. The molecule has 0 saturated heterocycles. The van der Waals surface area contributed by atoms with Crippen molar-refractivity contribution in [3.8, 4) is 0 Å². The van der Waals surface area contributed by atoms with Crippen LogP contribution >= 0.6 is 33.9 Å². The molecule has 1 nitrogen and oxygen atoms in total. The lowest BCUT2D eigenvalue weighted by molar-refractivity contribution is 0.0993. The van der Waals surface area contributed by atoms with Crippen molar-refractivity contribution in [2.24, 2.45) is 0 Å². The topological polar surface area (TPSA) is 17.1 Å². The molecule has 17 heavy (non-hydrogen) atoms. The Labute approximate surface area is 119 Å². The fourth-order valence-electron chi connectivity index (χ4n) is 1.85. The van der Waals surface area contributed by atoms with Crippen LogP contribution in [0.15, 0.2) is 29.6 Å². The van der Waals surface area contributed by atoms with Crippen molar-refractivity contribution in [3.63, 3.8) is 0 Å². The maximum atomic E-state index is 12.1. The van der Waals surface area contributed by atoms with Crippen LogP contribution < -0.4 is 0 Å². The number of carbonyl (C=O) groups excluding carboxylic acids is 1. The Morgan fingerprint density at radius 2 is 1.94 bits per heavy atom. The molecule has 88 valence electrons. The Kier molecular flexibility index (Phi) is 3.99. The lowest BCUT2D eigenvalue weighted by atomic mass is 9.96. The zero-order chi connectivity index (χ0) is 12.4. The zero-order valence-corrected chi connectivity index (χ0v) is 12.8. The lowest BCUT2D eigenvalue weighted by Gasteiger charge is -2.08. The fourth-order valence-corrected chi connectivity index (χ4v) is 3.20. The van der Waals surface area contributed by atoms with E-state index < -0.39 is 0 Å². The molecule has 0 bridgehead atoms. The van der Waals surface area contributed by atoms with Crippen LogP contribution in [0.5, 0.6) is 0 Å². The van der Waals surface area contributed by atoms with E-state index in [1.807, 2.05) is 17.5 Å². The molecule has 0 aliphatic heterocycles. The molecule has 0 spiro atoms. The van der Waals surface area contributed by atoms with Crippen molar-refractivity contribution >= 4 is 39.7 Å². The molecule has 0 N–H and O–H groups in total. The maximum absolute atomic E-state index is 12.1. The van der Waals surface area contributed by atoms with Gasteiger partial charge in [-0.3, -0.25) is 4.79 Å². The molecule has 0 atom stereocenters. The minimum Gasteiger partial charge on any atom is -0.294 e. The van der Waals surface area contributed by atoms with Gasteiger partial charge >= 0.3 is 0 Å². The standard InChI is InChI=1S/C14H13IOS/c1-9-4-3-5-10(2)12(9)7-13(16)11-6-14(15)17-8-11/h3-6,8H,7H2,1-2H3. The first-order chi connectivity index (χ1) is 8.08. The van der Waals surface area contributed by atoms with Crippen LogP contribution in [0.3, 0.4) is 0 Å². The van der Waals surface area contributed by atoms with E-state index in [2.05, 4.69) is 48.6 Å². The Morgan fingerprint density at radius 3 is 2.47 bits per heavy atom. The van der Waals surface area contributed by atoms with Gasteiger partial charge in [0.1, 0.15) is 0 Å². The quantitative estimate of drug-likeness (QED) is 0.589. The summed E-state index contributed by atoms with van der Waals surface area (Å²) >= 11 is 3.86. The third-order valence-corrected chi connectivity index (χ3v) is 4.66. The molecule has 0 aliphatic rings. The number of thiophene rings is 1. The van der Waals surface area contributed by atoms with Crippen molar-refractivity contribution in [3.05, 3.63) is 54.8 Å². The first-order valence-electron chi connectivity index (χ1n) is 5.40. The summed E-state index contributed by atoms with van der Waals surface area (Å²) in [5, 5.41) is 1.94. The summed E-state index contributed by atoms with van der Waals surface area (Å²) in [5.74, 6) is 0.210. The van der Waals surface area contributed by atoms with Gasteiger partial charge in [0.25, 0.3) is 0 Å². The highest BCUT2D eigenvalue weighted by atomic mass is 127. The zero-order valence-electron chi connectivity index (χ0n) is 9.79. The summed E-state index contributed by atoms with van der Waals surface area (Å²) in [7, 11) is 0. The highest BCUT2D eigenvalue weighted by molar-refractivity contribution is 14.1. The Hall–Kier alpha value is -0.680. The number of Topliss-reactive ketones (excluding diaryl/α,β-unsaturated/α-hetero) is 1. The lowest BCUT2D eigenvalue weighted by Crippen LogP contribution is -2.05. The smallest absolute Gasteiger partial charge is 0.168 e. The van der Waals surface area contributed by atoms with Gasteiger partial charge in [-0.05, 0) is 59.2 Å². The Morgan fingerprint density at radius 1 is 1.29 bits per heavy atom. The number of benzene rings is 1. The van der Waals surface area contributed by atoms with Gasteiger partial charge in [0.05, 0.1) is 2.88 Å². The van der Waals surface area contributed by atoms with Crippen molar-refractivity contribution in [1.29, 1.82) is 0 Å². The van der Waals surface area contributed by atoms with Gasteiger partial charge in [-0.1, -0.05) is 18.2 Å². The minimum atomic E-state index is 0.210. The molecule has 0 radical (unpaired) electrons. The number of rotatable bonds is 3. The summed E-state index contributed by atoms with van der Waals surface area (Å²) in [6.45, 7) is 4.12. The minimum absolute atomic E-state index is 0.210. The number of carbonyl (C=O) groups is 1. The van der Waals surface area contributed by atoms with E-state index in [1.54, 1.807) is 11.3 Å². The molecule has 2 rings (SSSR count). The van der Waals surface area contributed by atoms with Gasteiger partial charge in [-0.25, -0.2) is 0 Å². The van der Waals surface area contributed by atoms with E-state index in [9.17, 15) is 4.79 Å². The van der Waals surface area contributed by atoms with Gasteiger partial charge in [0.2, 0.25) is 0 Å². The molecule has 1 aromatic carbocycles. The van der Waals surface area contributed by atoms with Gasteiger partial charge < -0.3 is 0 Å². The van der Waals surface area contributed by atoms with Crippen LogP contribution in [0.1, 0.15) is 27.0 Å². The van der Waals surface area contributed by atoms with E-state index in [0.717, 1.165) is 8.45 Å². The van der Waals surface area contributed by atoms with Crippen LogP contribution in [0.25, 0.3) is 0 Å². The number of hydrogen-bond acceptors (Lipinski definition) is 2. The molecule has 0 unspecified atom stereocenters. The third-order valence-electron chi connectivity index (χ3n) is 2.87. The summed E-state index contributed by atoms with van der Waals surface area (Å²) < 4.78 is 1.16. The fraction of sp³-hybridized carbons (Fsp3) is 0.214. The highest BCUT2D eigenvalue weighted by Crippen LogP contribution is 2.20. The van der Waals surface area contributed by atoms with Crippen LogP contribution in [0.2, 0.25) is 0 Å². The number of ketones is 1. The van der Waals surface area contributed by atoms with Crippen LogP contribution in [0, 0.1) is 16.7 Å². The molecule has 3 heteroatoms. The summed E-state index contributed by atoms with van der Waals surface area (Å²) in [4.78, 5) is 12.1. The molecular formula is C14H13IOS. The summed E-state index contributed by atoms with van der Waals surface area (Å²) in [6.07, 6.45) is 0.505. The molecular weight excluding hydrogens is 343 g/mol. The van der Waals surface area contributed by atoms with Gasteiger partial charge in [0.15, 0.2) is 5.78 Å². The SMILES string of the molecule is Cc1cccc(C)c1CC(=O)c1csc(I)c1. The first-order valence-corrected chi connectivity index (χ1v) is 7.36. The highest BCUT2D eigenvalue weighted by Gasteiger charge is 2.11. The number of halogens is 1. The third kappa shape index (κ3) is 2.96. The first kappa shape index (κ1) is 12.8. The van der Waals surface area contributed by atoms with E-state index in [-0.39, 0.29) is 5.78 Å².